The highest BCUT2D eigenvalue weighted by molar-refractivity contribution is 9.10. The minimum Gasteiger partial charge on any atom is -0.313 e. The second-order valence-corrected chi connectivity index (χ2v) is 5.73. The first kappa shape index (κ1) is 13.9. The number of carbonyl (C=O) groups is 1. The summed E-state index contributed by atoms with van der Waals surface area (Å²) < 4.78 is 0.920. The highest BCUT2D eigenvalue weighted by atomic mass is 79.9. The molecular formula is C13H16BrNO2. The van der Waals surface area contributed by atoms with Crippen molar-refractivity contribution in [2.45, 2.75) is 27.7 Å². The van der Waals surface area contributed by atoms with E-state index in [9.17, 15) is 4.79 Å². The van der Waals surface area contributed by atoms with E-state index in [1.807, 2.05) is 27.7 Å². The Morgan fingerprint density at radius 3 is 2.24 bits per heavy atom. The van der Waals surface area contributed by atoms with Gasteiger partial charge in [0.15, 0.2) is 0 Å². The van der Waals surface area contributed by atoms with Gasteiger partial charge in [0.2, 0.25) is 0 Å². The van der Waals surface area contributed by atoms with Gasteiger partial charge in [0.05, 0.1) is 11.3 Å². The van der Waals surface area contributed by atoms with E-state index in [2.05, 4.69) is 21.1 Å². The average Bonchev–Trinajstić information content (AvgIpc) is 2.25. The highest BCUT2D eigenvalue weighted by Crippen LogP contribution is 2.16. The summed E-state index contributed by atoms with van der Waals surface area (Å²) in [6.07, 6.45) is 0. The third kappa shape index (κ3) is 4.30. The maximum Gasteiger partial charge on any atom is 0.365 e. The molecule has 0 bridgehead atoms. The summed E-state index contributed by atoms with van der Waals surface area (Å²) in [5, 5.41) is 3.85. The number of hydrogen-bond donors (Lipinski definition) is 0. The van der Waals surface area contributed by atoms with Crippen LogP contribution in [0.1, 0.15) is 38.1 Å². The van der Waals surface area contributed by atoms with E-state index in [4.69, 9.17) is 4.84 Å². The molecule has 0 unspecified atom stereocenters. The Morgan fingerprint density at radius 1 is 1.24 bits per heavy atom. The molecule has 1 aromatic carbocycles. The first-order valence-corrected chi connectivity index (χ1v) is 6.12. The van der Waals surface area contributed by atoms with Crippen LogP contribution in [0.5, 0.6) is 0 Å². The number of oxime groups is 1. The summed E-state index contributed by atoms with van der Waals surface area (Å²) in [5.74, 6) is -0.443. The zero-order valence-corrected chi connectivity index (χ0v) is 12.0. The number of rotatable bonds is 2. The molecule has 0 aliphatic rings. The quantitative estimate of drug-likeness (QED) is 0.470. The SMILES string of the molecule is C/C(=N\OC(=O)c1ccc(Br)cc1)C(C)(C)C. The van der Waals surface area contributed by atoms with Crippen molar-refractivity contribution in [2.24, 2.45) is 10.6 Å². The van der Waals surface area contributed by atoms with Gasteiger partial charge >= 0.3 is 5.97 Å². The summed E-state index contributed by atoms with van der Waals surface area (Å²) in [6.45, 7) is 7.88. The van der Waals surface area contributed by atoms with Crippen molar-refractivity contribution in [2.75, 3.05) is 0 Å². The fourth-order valence-electron chi connectivity index (χ4n) is 0.886. The highest BCUT2D eigenvalue weighted by Gasteiger charge is 2.16. The first-order valence-electron chi connectivity index (χ1n) is 5.32. The topological polar surface area (TPSA) is 38.7 Å². The van der Waals surface area contributed by atoms with Gasteiger partial charge in [0, 0.05) is 9.89 Å². The van der Waals surface area contributed by atoms with Crippen LogP contribution in [0.3, 0.4) is 0 Å². The molecule has 0 N–H and O–H groups in total. The van der Waals surface area contributed by atoms with Crippen molar-refractivity contribution >= 4 is 27.6 Å². The average molecular weight is 298 g/mol. The van der Waals surface area contributed by atoms with E-state index in [1.54, 1.807) is 24.3 Å². The van der Waals surface area contributed by atoms with Crippen molar-refractivity contribution in [1.82, 2.24) is 0 Å². The summed E-state index contributed by atoms with van der Waals surface area (Å²) in [7, 11) is 0. The normalized spacial score (nSPS) is 12.4. The minimum absolute atomic E-state index is 0.0972. The van der Waals surface area contributed by atoms with Gasteiger partial charge in [0.25, 0.3) is 0 Å². The fourth-order valence-corrected chi connectivity index (χ4v) is 1.15. The molecule has 0 radical (unpaired) electrons. The number of hydrogen-bond acceptors (Lipinski definition) is 3. The van der Waals surface area contributed by atoms with E-state index < -0.39 is 5.97 Å². The molecule has 0 atom stereocenters. The minimum atomic E-state index is -0.443. The maximum absolute atomic E-state index is 11.6. The molecule has 0 spiro atoms. The molecule has 0 aliphatic heterocycles. The van der Waals surface area contributed by atoms with Gasteiger partial charge in [-0.3, -0.25) is 0 Å². The lowest BCUT2D eigenvalue weighted by atomic mass is 9.91. The van der Waals surface area contributed by atoms with Gasteiger partial charge in [-0.15, -0.1) is 0 Å². The van der Waals surface area contributed by atoms with Gasteiger partial charge < -0.3 is 4.84 Å². The van der Waals surface area contributed by atoms with Gasteiger partial charge in [-0.2, -0.15) is 0 Å². The van der Waals surface area contributed by atoms with Crippen LogP contribution in [-0.2, 0) is 4.84 Å². The van der Waals surface area contributed by atoms with Gasteiger partial charge in [-0.1, -0.05) is 41.9 Å². The molecule has 0 aliphatic carbocycles. The number of nitrogens with zero attached hydrogens (tertiary/aromatic N) is 1. The molecule has 0 aromatic heterocycles. The summed E-state index contributed by atoms with van der Waals surface area (Å²) >= 11 is 3.30. The van der Waals surface area contributed by atoms with Crippen molar-refractivity contribution in [3.8, 4) is 0 Å². The van der Waals surface area contributed by atoms with E-state index in [0.29, 0.717) is 5.56 Å². The fraction of sp³-hybridized carbons (Fsp3) is 0.385. The summed E-state index contributed by atoms with van der Waals surface area (Å²) in [5.41, 5.74) is 1.17. The van der Waals surface area contributed by atoms with Crippen LogP contribution in [0.15, 0.2) is 33.9 Å². The monoisotopic (exact) mass is 297 g/mol. The zero-order chi connectivity index (χ0) is 13.1. The second kappa shape index (κ2) is 5.45. The van der Waals surface area contributed by atoms with Crippen molar-refractivity contribution in [1.29, 1.82) is 0 Å². The van der Waals surface area contributed by atoms with E-state index >= 15 is 0 Å². The predicted molar refractivity (Wildman–Crippen MR) is 72.1 cm³/mol. The predicted octanol–water partition coefficient (Wildman–Crippen LogP) is 4.03. The largest absolute Gasteiger partial charge is 0.365 e. The lowest BCUT2D eigenvalue weighted by Crippen LogP contribution is -2.17. The Bertz CT molecular complexity index is 430. The molecule has 17 heavy (non-hydrogen) atoms. The van der Waals surface area contributed by atoms with Crippen LogP contribution in [0.2, 0.25) is 0 Å². The Morgan fingerprint density at radius 2 is 1.76 bits per heavy atom. The zero-order valence-electron chi connectivity index (χ0n) is 10.5. The first-order chi connectivity index (χ1) is 7.80. The van der Waals surface area contributed by atoms with Crippen molar-refractivity contribution in [3.63, 3.8) is 0 Å². The molecule has 0 fully saturated rings. The maximum atomic E-state index is 11.6. The Labute approximate surface area is 110 Å². The van der Waals surface area contributed by atoms with Crippen LogP contribution >= 0.6 is 15.9 Å². The molecule has 1 rings (SSSR count). The Hall–Kier alpha value is -1.16. The third-order valence-corrected chi connectivity index (χ3v) is 2.96. The van der Waals surface area contributed by atoms with Crippen LogP contribution in [0, 0.1) is 5.41 Å². The van der Waals surface area contributed by atoms with Crippen molar-refractivity contribution < 1.29 is 9.63 Å². The lowest BCUT2D eigenvalue weighted by molar-refractivity contribution is 0.0512. The second-order valence-electron chi connectivity index (χ2n) is 4.81. The molecule has 0 saturated heterocycles. The molecule has 0 saturated carbocycles. The van der Waals surface area contributed by atoms with Gasteiger partial charge in [0.1, 0.15) is 0 Å². The van der Waals surface area contributed by atoms with Gasteiger partial charge in [-0.05, 0) is 31.2 Å². The van der Waals surface area contributed by atoms with Crippen LogP contribution in [-0.4, -0.2) is 11.7 Å². The molecular weight excluding hydrogens is 282 g/mol. The van der Waals surface area contributed by atoms with E-state index in [1.165, 1.54) is 0 Å². The summed E-state index contributed by atoms with van der Waals surface area (Å²) in [6, 6.07) is 6.95. The van der Waals surface area contributed by atoms with Crippen LogP contribution < -0.4 is 0 Å². The smallest absolute Gasteiger partial charge is 0.313 e. The lowest BCUT2D eigenvalue weighted by Gasteiger charge is -2.16. The number of halogens is 1. The molecule has 0 amide bonds. The standard InChI is InChI=1S/C13H16BrNO2/c1-9(13(2,3)4)15-17-12(16)10-5-7-11(14)8-6-10/h5-8H,1-4H3/b15-9+. The molecule has 0 heterocycles. The van der Waals surface area contributed by atoms with Crippen molar-refractivity contribution in [3.05, 3.63) is 34.3 Å². The number of benzene rings is 1. The van der Waals surface area contributed by atoms with E-state index in [-0.39, 0.29) is 5.41 Å². The summed E-state index contributed by atoms with van der Waals surface area (Å²) in [4.78, 5) is 16.5. The molecule has 4 heteroatoms. The van der Waals surface area contributed by atoms with E-state index in [0.717, 1.165) is 10.2 Å². The third-order valence-electron chi connectivity index (χ3n) is 2.43. The molecule has 1 aromatic rings. The van der Waals surface area contributed by atoms with Crippen LogP contribution in [0.25, 0.3) is 0 Å². The molecule has 92 valence electrons. The van der Waals surface area contributed by atoms with Gasteiger partial charge in [-0.25, -0.2) is 4.79 Å². The molecule has 3 nitrogen and oxygen atoms in total. The number of carbonyl (C=O) groups excluding carboxylic acids is 1. The Kier molecular flexibility index (Phi) is 4.46. The Balaban J connectivity index is 2.71. The van der Waals surface area contributed by atoms with Crippen LogP contribution in [0.4, 0.5) is 0 Å².